The van der Waals surface area contributed by atoms with E-state index in [2.05, 4.69) is 10.5 Å². The average Bonchev–Trinajstić information content (AvgIpc) is 2.71. The molecule has 8 heteroatoms. The molecule has 0 saturated heterocycles. The number of hydrogen-bond donors (Lipinski definition) is 3. The summed E-state index contributed by atoms with van der Waals surface area (Å²) in [5.41, 5.74) is 10.2. The van der Waals surface area contributed by atoms with Crippen LogP contribution in [0.1, 0.15) is 27.4 Å². The molecular weight excluding hydrogens is 357 g/mol. The number of ketones is 1. The smallest absolute Gasteiger partial charge is 0.422 e. The second kappa shape index (κ2) is 7.51. The lowest BCUT2D eigenvalue weighted by Crippen LogP contribution is -2.50. The van der Waals surface area contributed by atoms with Crippen LogP contribution in [0.2, 0.25) is 0 Å². The van der Waals surface area contributed by atoms with Gasteiger partial charge in [0.05, 0.1) is 5.92 Å². The number of hydroxylamine groups is 1. The van der Waals surface area contributed by atoms with Crippen LogP contribution in [0.5, 0.6) is 0 Å². The maximum absolute atomic E-state index is 12.9. The predicted octanol–water partition coefficient (Wildman–Crippen LogP) is 0.451. The van der Waals surface area contributed by atoms with Crippen LogP contribution in [-0.2, 0) is 16.0 Å². The Morgan fingerprint density at radius 2 is 2.07 bits per heavy atom. The summed E-state index contributed by atoms with van der Waals surface area (Å²) in [5.74, 6) is -1.05. The molecule has 1 atom stereocenters. The minimum absolute atomic E-state index is 0.0381. The van der Waals surface area contributed by atoms with Crippen LogP contribution in [-0.4, -0.2) is 35.4 Å². The van der Waals surface area contributed by atoms with E-state index in [1.54, 1.807) is 30.6 Å². The van der Waals surface area contributed by atoms with Gasteiger partial charge in [-0.05, 0) is 34.1 Å². The molecule has 2 heterocycles. The molecule has 0 bridgehead atoms. The van der Waals surface area contributed by atoms with Crippen molar-refractivity contribution in [3.8, 4) is 0 Å². The lowest BCUT2D eigenvalue weighted by Gasteiger charge is -2.21. The van der Waals surface area contributed by atoms with Crippen molar-refractivity contribution in [3.63, 3.8) is 0 Å². The second-order valence-corrected chi connectivity index (χ2v) is 6.74. The largest absolute Gasteiger partial charge is 0.515 e. The second-order valence-electron chi connectivity index (χ2n) is 6.74. The van der Waals surface area contributed by atoms with Gasteiger partial charge in [-0.15, -0.1) is 0 Å². The van der Waals surface area contributed by atoms with Gasteiger partial charge in [-0.2, -0.15) is 0 Å². The topological polar surface area (TPSA) is 115 Å². The molecule has 0 radical (unpaired) electrons. The maximum Gasteiger partial charge on any atom is 0.515 e. The third-order valence-corrected chi connectivity index (χ3v) is 4.96. The van der Waals surface area contributed by atoms with Gasteiger partial charge < -0.3 is 10.8 Å². The number of carbonyl (C=O) groups is 2. The fourth-order valence-corrected chi connectivity index (χ4v) is 3.45. The van der Waals surface area contributed by atoms with Gasteiger partial charge in [-0.1, -0.05) is 30.3 Å². The van der Waals surface area contributed by atoms with Crippen molar-refractivity contribution in [2.75, 3.05) is 6.54 Å². The minimum atomic E-state index is -1.24. The molecule has 4 rings (SSSR count). The molecule has 0 fully saturated rings. The molecule has 4 N–H and O–H groups in total. The Labute approximate surface area is 161 Å². The van der Waals surface area contributed by atoms with E-state index >= 15 is 0 Å². The molecule has 0 spiro atoms. The molecule has 1 aromatic heterocycles. The van der Waals surface area contributed by atoms with E-state index in [0.29, 0.717) is 11.0 Å². The Balaban J connectivity index is 1.60. The SMILES string of the molecule is NCC(C(=O)Cc1ccc2cnccc2c1)c1ccc2c(c1)C(=O)NOB2O. The van der Waals surface area contributed by atoms with Crippen LogP contribution < -0.4 is 16.7 Å². The highest BCUT2D eigenvalue weighted by Crippen LogP contribution is 2.21. The van der Waals surface area contributed by atoms with Crippen LogP contribution in [0.15, 0.2) is 54.9 Å². The summed E-state index contributed by atoms with van der Waals surface area (Å²) >= 11 is 0. The zero-order valence-electron chi connectivity index (χ0n) is 15.0. The molecular formula is C20H18BN3O4. The summed E-state index contributed by atoms with van der Waals surface area (Å²) in [4.78, 5) is 29.0. The first-order chi connectivity index (χ1) is 13.6. The molecule has 1 unspecified atom stereocenters. The molecule has 7 nitrogen and oxygen atoms in total. The molecule has 0 aliphatic carbocycles. The van der Waals surface area contributed by atoms with Gasteiger partial charge in [0.1, 0.15) is 5.78 Å². The molecule has 1 aliphatic rings. The first-order valence-electron chi connectivity index (χ1n) is 8.90. The van der Waals surface area contributed by atoms with Crippen LogP contribution >= 0.6 is 0 Å². The normalized spacial score (nSPS) is 14.5. The highest BCUT2D eigenvalue weighted by atomic mass is 16.7. The number of fused-ring (bicyclic) bond motifs is 2. The first-order valence-corrected chi connectivity index (χ1v) is 8.90. The van der Waals surface area contributed by atoms with Gasteiger partial charge in [0.25, 0.3) is 5.91 Å². The summed E-state index contributed by atoms with van der Waals surface area (Å²) in [5, 5.41) is 11.9. The zero-order chi connectivity index (χ0) is 19.7. The van der Waals surface area contributed by atoms with Crippen LogP contribution in [0.4, 0.5) is 0 Å². The fraction of sp³-hybridized carbons (Fsp3) is 0.150. The molecule has 140 valence electrons. The van der Waals surface area contributed by atoms with E-state index in [1.807, 2.05) is 24.3 Å². The average molecular weight is 375 g/mol. The van der Waals surface area contributed by atoms with Crippen molar-refractivity contribution in [1.29, 1.82) is 0 Å². The van der Waals surface area contributed by atoms with E-state index in [4.69, 9.17) is 10.5 Å². The van der Waals surface area contributed by atoms with Gasteiger partial charge in [0.2, 0.25) is 0 Å². The van der Waals surface area contributed by atoms with Crippen LogP contribution in [0.3, 0.4) is 0 Å². The van der Waals surface area contributed by atoms with Crippen LogP contribution in [0, 0.1) is 0 Å². The Morgan fingerprint density at radius 3 is 2.89 bits per heavy atom. The summed E-state index contributed by atoms with van der Waals surface area (Å²) in [7, 11) is -1.24. The van der Waals surface area contributed by atoms with Crippen molar-refractivity contribution in [2.45, 2.75) is 12.3 Å². The van der Waals surface area contributed by atoms with E-state index < -0.39 is 18.9 Å². The van der Waals surface area contributed by atoms with Gasteiger partial charge in [-0.3, -0.25) is 19.3 Å². The van der Waals surface area contributed by atoms with Crippen molar-refractivity contribution < 1.29 is 19.4 Å². The van der Waals surface area contributed by atoms with E-state index in [0.717, 1.165) is 16.3 Å². The lowest BCUT2D eigenvalue weighted by molar-refractivity contribution is -0.119. The summed E-state index contributed by atoms with van der Waals surface area (Å²) in [6, 6.07) is 12.6. The van der Waals surface area contributed by atoms with Gasteiger partial charge in [-0.25, -0.2) is 5.48 Å². The Morgan fingerprint density at radius 1 is 1.21 bits per heavy atom. The van der Waals surface area contributed by atoms with E-state index in [9.17, 15) is 14.6 Å². The van der Waals surface area contributed by atoms with Crippen molar-refractivity contribution in [3.05, 3.63) is 71.5 Å². The summed E-state index contributed by atoms with van der Waals surface area (Å²) < 4.78 is 4.76. The number of nitrogens with two attached hydrogens (primary N) is 1. The van der Waals surface area contributed by atoms with Gasteiger partial charge >= 0.3 is 7.12 Å². The number of pyridine rings is 1. The molecule has 0 saturated carbocycles. The standard InChI is InChI=1S/C20H18BN3O4/c22-10-17(14-3-4-18-16(9-14)20(26)24-28-21(18)27)19(25)8-12-1-2-15-11-23-6-5-13(15)7-12/h1-7,9,11,17,27H,8,10,22H2,(H,24,26). The van der Waals surface area contributed by atoms with Crippen molar-refractivity contribution in [1.82, 2.24) is 10.5 Å². The number of amides is 1. The Kier molecular flexibility index (Phi) is 4.91. The zero-order valence-corrected chi connectivity index (χ0v) is 15.0. The summed E-state index contributed by atoms with van der Waals surface area (Å²) in [6.07, 6.45) is 3.72. The number of hydrogen-bond acceptors (Lipinski definition) is 6. The number of nitrogens with zero attached hydrogens (tertiary/aromatic N) is 1. The molecule has 28 heavy (non-hydrogen) atoms. The number of Topliss-reactive ketones (excluding diaryl/α,β-unsaturated/α-hetero) is 1. The molecule has 3 aromatic rings. The fourth-order valence-electron chi connectivity index (χ4n) is 3.45. The monoisotopic (exact) mass is 375 g/mol. The van der Waals surface area contributed by atoms with Gasteiger partial charge in [0, 0.05) is 36.3 Å². The van der Waals surface area contributed by atoms with E-state index in [1.165, 1.54) is 0 Å². The Bertz CT molecular complexity index is 1070. The third kappa shape index (κ3) is 3.40. The third-order valence-electron chi connectivity index (χ3n) is 4.96. The lowest BCUT2D eigenvalue weighted by atomic mass is 9.74. The molecule has 2 aromatic carbocycles. The number of carbonyl (C=O) groups excluding carboxylic acids is 2. The predicted molar refractivity (Wildman–Crippen MR) is 105 cm³/mol. The number of nitrogens with one attached hydrogen (secondary N) is 1. The molecule has 1 amide bonds. The minimum Gasteiger partial charge on any atom is -0.422 e. The first kappa shape index (κ1) is 18.3. The number of rotatable bonds is 5. The summed E-state index contributed by atoms with van der Waals surface area (Å²) in [6.45, 7) is 0.121. The maximum atomic E-state index is 12.9. The Hall–Kier alpha value is -3.07. The van der Waals surface area contributed by atoms with Crippen LogP contribution in [0.25, 0.3) is 10.8 Å². The van der Waals surface area contributed by atoms with Gasteiger partial charge in [0.15, 0.2) is 0 Å². The highest BCUT2D eigenvalue weighted by Gasteiger charge is 2.31. The highest BCUT2D eigenvalue weighted by molar-refractivity contribution is 6.62. The number of aromatic nitrogens is 1. The number of benzene rings is 2. The van der Waals surface area contributed by atoms with E-state index in [-0.39, 0.29) is 24.3 Å². The molecule has 1 aliphatic heterocycles. The van der Waals surface area contributed by atoms with Crippen molar-refractivity contribution in [2.24, 2.45) is 5.73 Å². The quantitative estimate of drug-likeness (QED) is 0.558. The van der Waals surface area contributed by atoms with Crippen molar-refractivity contribution >= 4 is 35.0 Å².